The van der Waals surface area contributed by atoms with Crippen molar-refractivity contribution in [2.75, 3.05) is 14.2 Å². The van der Waals surface area contributed by atoms with Gasteiger partial charge >= 0.3 is 0 Å². The maximum absolute atomic E-state index is 9.51. The van der Waals surface area contributed by atoms with E-state index in [1.165, 1.54) is 13.2 Å². The largest absolute Gasteiger partial charge is 0.504 e. The number of hydrogen-bond donors (Lipinski definition) is 2. The van der Waals surface area contributed by atoms with Gasteiger partial charge in [-0.25, -0.2) is 0 Å². The highest BCUT2D eigenvalue weighted by molar-refractivity contribution is 5.60. The molecular weight excluding hydrogens is 234 g/mol. The predicted octanol–water partition coefficient (Wildman–Crippen LogP) is 1.73. The van der Waals surface area contributed by atoms with Crippen LogP contribution in [0.5, 0.6) is 11.5 Å². The van der Waals surface area contributed by atoms with E-state index >= 15 is 0 Å². The topological polar surface area (TPSA) is 80.4 Å². The molecule has 2 rings (SSSR count). The first-order chi connectivity index (χ1) is 8.65. The van der Waals surface area contributed by atoms with Crippen LogP contribution in [-0.2, 0) is 0 Å². The van der Waals surface area contributed by atoms with Crippen molar-refractivity contribution in [3.63, 3.8) is 0 Å². The highest BCUT2D eigenvalue weighted by Gasteiger charge is 2.14. The van der Waals surface area contributed by atoms with E-state index in [2.05, 4.69) is 15.5 Å². The van der Waals surface area contributed by atoms with Crippen molar-refractivity contribution >= 4 is 0 Å². The molecular formula is C12H15N3O3. The minimum atomic E-state index is -0.00902. The first-order valence-corrected chi connectivity index (χ1v) is 5.54. The van der Waals surface area contributed by atoms with Crippen LogP contribution in [0.3, 0.4) is 0 Å². The number of phenolic OH excluding ortho intramolecular Hbond substituents is 1. The number of nitrogens with zero attached hydrogens (tertiary/aromatic N) is 2. The number of benzene rings is 1. The molecule has 0 aliphatic heterocycles. The standard InChI is InChI=1S/C12H15N3O3/c1-7(13-2)12-14-11(15-18-12)8-4-5-9(16)10(6-8)17-3/h4-7,13,16H,1-3H3. The molecule has 6 heteroatoms. The zero-order valence-corrected chi connectivity index (χ0v) is 10.5. The monoisotopic (exact) mass is 249 g/mol. The highest BCUT2D eigenvalue weighted by atomic mass is 16.5. The number of aromatic nitrogens is 2. The van der Waals surface area contributed by atoms with Gasteiger partial charge in [-0.2, -0.15) is 4.98 Å². The van der Waals surface area contributed by atoms with Crippen LogP contribution in [0.4, 0.5) is 0 Å². The van der Waals surface area contributed by atoms with Crippen molar-refractivity contribution in [3.8, 4) is 22.9 Å². The summed E-state index contributed by atoms with van der Waals surface area (Å²) in [7, 11) is 3.31. The van der Waals surface area contributed by atoms with E-state index in [0.29, 0.717) is 17.5 Å². The van der Waals surface area contributed by atoms with Crippen molar-refractivity contribution in [1.29, 1.82) is 0 Å². The highest BCUT2D eigenvalue weighted by Crippen LogP contribution is 2.30. The number of phenols is 1. The van der Waals surface area contributed by atoms with Crippen LogP contribution in [0.25, 0.3) is 11.4 Å². The number of aromatic hydroxyl groups is 1. The van der Waals surface area contributed by atoms with E-state index in [1.807, 2.05) is 14.0 Å². The van der Waals surface area contributed by atoms with Crippen LogP contribution in [0, 0.1) is 0 Å². The third-order valence-electron chi connectivity index (χ3n) is 2.68. The summed E-state index contributed by atoms with van der Waals surface area (Å²) >= 11 is 0. The molecule has 18 heavy (non-hydrogen) atoms. The van der Waals surface area contributed by atoms with Gasteiger partial charge in [0, 0.05) is 5.56 Å². The summed E-state index contributed by atoms with van der Waals surface area (Å²) in [6.45, 7) is 1.93. The second-order valence-electron chi connectivity index (χ2n) is 3.85. The molecule has 1 unspecified atom stereocenters. The Morgan fingerprint density at radius 3 is 2.89 bits per heavy atom. The van der Waals surface area contributed by atoms with Gasteiger partial charge in [0.25, 0.3) is 0 Å². The van der Waals surface area contributed by atoms with E-state index in [-0.39, 0.29) is 11.8 Å². The summed E-state index contributed by atoms with van der Waals surface area (Å²) in [5.74, 6) is 1.43. The smallest absolute Gasteiger partial charge is 0.243 e. The lowest BCUT2D eigenvalue weighted by Gasteiger charge is -2.04. The molecule has 2 aromatic rings. The normalized spacial score (nSPS) is 12.4. The molecule has 1 heterocycles. The first-order valence-electron chi connectivity index (χ1n) is 5.54. The van der Waals surface area contributed by atoms with Gasteiger partial charge < -0.3 is 19.7 Å². The fourth-order valence-electron chi connectivity index (χ4n) is 1.47. The molecule has 0 aliphatic rings. The lowest BCUT2D eigenvalue weighted by atomic mass is 10.2. The Balaban J connectivity index is 2.34. The number of methoxy groups -OCH3 is 1. The summed E-state index contributed by atoms with van der Waals surface area (Å²) in [6.07, 6.45) is 0. The molecule has 0 aliphatic carbocycles. The molecule has 1 aromatic heterocycles. The van der Waals surface area contributed by atoms with Crippen molar-refractivity contribution in [1.82, 2.24) is 15.5 Å². The van der Waals surface area contributed by atoms with Gasteiger partial charge in [-0.1, -0.05) is 5.16 Å². The van der Waals surface area contributed by atoms with E-state index in [0.717, 1.165) is 5.56 Å². The van der Waals surface area contributed by atoms with Gasteiger partial charge in [-0.15, -0.1) is 0 Å². The van der Waals surface area contributed by atoms with Crippen LogP contribution in [0.2, 0.25) is 0 Å². The summed E-state index contributed by atoms with van der Waals surface area (Å²) in [4.78, 5) is 4.28. The van der Waals surface area contributed by atoms with Gasteiger partial charge in [0.15, 0.2) is 11.5 Å². The minimum Gasteiger partial charge on any atom is -0.504 e. The quantitative estimate of drug-likeness (QED) is 0.859. The van der Waals surface area contributed by atoms with Gasteiger partial charge in [0.2, 0.25) is 11.7 Å². The average Bonchev–Trinajstić information content (AvgIpc) is 2.88. The maximum atomic E-state index is 9.51. The Hall–Kier alpha value is -2.08. The van der Waals surface area contributed by atoms with Crippen molar-refractivity contribution < 1.29 is 14.4 Å². The van der Waals surface area contributed by atoms with Gasteiger partial charge in [-0.05, 0) is 32.2 Å². The Morgan fingerprint density at radius 2 is 2.22 bits per heavy atom. The van der Waals surface area contributed by atoms with Gasteiger partial charge in [-0.3, -0.25) is 0 Å². The van der Waals surface area contributed by atoms with E-state index in [9.17, 15) is 5.11 Å². The minimum absolute atomic E-state index is 0.00902. The number of nitrogens with one attached hydrogen (secondary N) is 1. The first kappa shape index (κ1) is 12.4. The Labute approximate surface area is 105 Å². The van der Waals surface area contributed by atoms with Crippen molar-refractivity contribution in [2.24, 2.45) is 0 Å². The summed E-state index contributed by atoms with van der Waals surface area (Å²) in [5.41, 5.74) is 0.725. The molecule has 2 N–H and O–H groups in total. The molecule has 0 fully saturated rings. The zero-order valence-electron chi connectivity index (χ0n) is 10.5. The molecule has 0 spiro atoms. The molecule has 6 nitrogen and oxygen atoms in total. The fourth-order valence-corrected chi connectivity index (χ4v) is 1.47. The second kappa shape index (κ2) is 5.05. The average molecular weight is 249 g/mol. The molecule has 1 aromatic carbocycles. The second-order valence-corrected chi connectivity index (χ2v) is 3.85. The predicted molar refractivity (Wildman–Crippen MR) is 65.4 cm³/mol. The number of hydrogen-bond acceptors (Lipinski definition) is 6. The van der Waals surface area contributed by atoms with Crippen molar-refractivity contribution in [2.45, 2.75) is 13.0 Å². The van der Waals surface area contributed by atoms with Crippen LogP contribution in [-0.4, -0.2) is 29.4 Å². The lowest BCUT2D eigenvalue weighted by Crippen LogP contribution is -2.12. The Bertz CT molecular complexity index is 539. The third-order valence-corrected chi connectivity index (χ3v) is 2.68. The lowest BCUT2D eigenvalue weighted by molar-refractivity contribution is 0.347. The third kappa shape index (κ3) is 2.28. The summed E-state index contributed by atoms with van der Waals surface area (Å²) in [5, 5.41) is 16.4. The molecule has 0 saturated carbocycles. The number of rotatable bonds is 4. The van der Waals surface area contributed by atoms with Gasteiger partial charge in [0.1, 0.15) is 0 Å². The van der Waals surface area contributed by atoms with Crippen LogP contribution >= 0.6 is 0 Å². The molecule has 1 atom stereocenters. The van der Waals surface area contributed by atoms with Gasteiger partial charge in [0.05, 0.1) is 13.2 Å². The van der Waals surface area contributed by atoms with E-state index < -0.39 is 0 Å². The molecule has 0 radical (unpaired) electrons. The molecule has 0 amide bonds. The zero-order chi connectivity index (χ0) is 13.1. The van der Waals surface area contributed by atoms with Crippen LogP contribution < -0.4 is 10.1 Å². The Morgan fingerprint density at radius 1 is 1.44 bits per heavy atom. The molecule has 0 saturated heterocycles. The van der Waals surface area contributed by atoms with E-state index in [4.69, 9.17) is 9.26 Å². The number of ether oxygens (including phenoxy) is 1. The van der Waals surface area contributed by atoms with Crippen LogP contribution in [0.15, 0.2) is 22.7 Å². The summed E-state index contributed by atoms with van der Waals surface area (Å²) in [6, 6.07) is 4.89. The summed E-state index contributed by atoms with van der Waals surface area (Å²) < 4.78 is 10.2. The molecule has 96 valence electrons. The molecule has 0 bridgehead atoms. The van der Waals surface area contributed by atoms with E-state index in [1.54, 1.807) is 12.1 Å². The SMILES string of the molecule is CNC(C)c1nc(-c2ccc(O)c(OC)c2)no1. The fraction of sp³-hybridized carbons (Fsp3) is 0.333. The Kier molecular flexibility index (Phi) is 3.47. The van der Waals surface area contributed by atoms with Crippen LogP contribution in [0.1, 0.15) is 18.9 Å². The maximum Gasteiger partial charge on any atom is 0.243 e. The van der Waals surface area contributed by atoms with Crippen molar-refractivity contribution in [3.05, 3.63) is 24.1 Å².